The summed E-state index contributed by atoms with van der Waals surface area (Å²) in [6, 6.07) is 8.37. The van der Waals surface area contributed by atoms with Crippen LogP contribution in [-0.2, 0) is 4.74 Å². The lowest BCUT2D eigenvalue weighted by molar-refractivity contribution is 0.0512. The van der Waals surface area contributed by atoms with Gasteiger partial charge in [0.1, 0.15) is 37.9 Å². The number of ether oxygens (including phenoxy) is 3. The van der Waals surface area contributed by atoms with Gasteiger partial charge in [-0.3, -0.25) is 9.80 Å². The predicted octanol–water partition coefficient (Wildman–Crippen LogP) is 8.22. The number of piperazine rings is 1. The fraction of sp³-hybridized carbons (Fsp3) is 0.568. The Morgan fingerprint density at radius 2 is 1.73 bits per heavy atom. The van der Waals surface area contributed by atoms with E-state index in [9.17, 15) is 14.3 Å². The second-order valence-electron chi connectivity index (χ2n) is 17.8. The second-order valence-corrected chi connectivity index (χ2v) is 23.4. The molecule has 8 rings (SSSR count). The van der Waals surface area contributed by atoms with Gasteiger partial charge in [0.15, 0.2) is 18.1 Å². The van der Waals surface area contributed by atoms with Crippen LogP contribution in [-0.4, -0.2) is 120 Å². The number of fused-ring (bicyclic) bond motifs is 5. The molecule has 2 aromatic carbocycles. The second kappa shape index (κ2) is 16.1. The first-order chi connectivity index (χ1) is 28.2. The molecule has 6 heterocycles. The number of hydrogen-bond acceptors (Lipinski definition) is 10. The summed E-state index contributed by atoms with van der Waals surface area (Å²) in [6.07, 6.45) is 1.87. The molecule has 2 aromatic heterocycles. The van der Waals surface area contributed by atoms with Gasteiger partial charge in [-0.05, 0) is 78.5 Å². The molecule has 1 amide bonds. The van der Waals surface area contributed by atoms with E-state index in [0.29, 0.717) is 87.5 Å². The van der Waals surface area contributed by atoms with E-state index in [-0.39, 0.29) is 31.5 Å². The monoisotopic (exact) mass is 827 g/mol. The van der Waals surface area contributed by atoms with Gasteiger partial charge in [0, 0.05) is 44.1 Å². The third kappa shape index (κ3) is 7.35. The van der Waals surface area contributed by atoms with Crippen molar-refractivity contribution >= 4 is 41.8 Å². The molecule has 314 valence electrons. The molecule has 59 heavy (non-hydrogen) atoms. The van der Waals surface area contributed by atoms with E-state index in [4.69, 9.17) is 34.4 Å². The molecule has 4 aliphatic heterocycles. The highest BCUT2D eigenvalue weighted by molar-refractivity contribution is 6.90. The highest BCUT2D eigenvalue weighted by Gasteiger charge is 2.50. The first kappa shape index (κ1) is 41.1. The van der Waals surface area contributed by atoms with Crippen molar-refractivity contribution in [1.29, 1.82) is 0 Å². The Morgan fingerprint density at radius 1 is 1.00 bits per heavy atom. The lowest BCUT2D eigenvalue weighted by Gasteiger charge is -2.40. The van der Waals surface area contributed by atoms with Gasteiger partial charge in [0.05, 0.1) is 28.9 Å². The zero-order valence-corrected chi connectivity index (χ0v) is 36.1. The van der Waals surface area contributed by atoms with Crippen molar-refractivity contribution in [2.24, 2.45) is 0 Å². The van der Waals surface area contributed by atoms with E-state index in [1.54, 1.807) is 18.1 Å². The van der Waals surface area contributed by atoms with Crippen molar-refractivity contribution in [3.05, 3.63) is 41.7 Å². The highest BCUT2D eigenvalue weighted by Crippen LogP contribution is 2.43. The molecule has 1 N–H and O–H groups in total. The topological polar surface area (TPSA) is 126 Å². The molecule has 4 atom stereocenters. The van der Waals surface area contributed by atoms with Crippen molar-refractivity contribution in [2.45, 2.75) is 114 Å². The zero-order chi connectivity index (χ0) is 41.8. The van der Waals surface area contributed by atoms with Crippen LogP contribution in [0, 0.1) is 17.3 Å². The number of rotatable bonds is 11. The van der Waals surface area contributed by atoms with Gasteiger partial charge in [-0.2, -0.15) is 9.97 Å². The van der Waals surface area contributed by atoms with Crippen molar-refractivity contribution in [1.82, 2.24) is 30.0 Å². The molecule has 2 bridgehead atoms. The fourth-order valence-electron chi connectivity index (χ4n) is 10.9. The van der Waals surface area contributed by atoms with Crippen molar-refractivity contribution in [3.63, 3.8) is 0 Å². The SMILES string of the molecule is COCOc1cc(-c2cc3nc(OC[C@@]45CCCN4C[C@H](F)C5)nc(N4CC5CCC(C4)N5C(=O)O)c3nn2)c2c(C#C[Si](C(C)C)(C(C)C)C(C)C)c(F)ccc2c1. The number of halogens is 2. The zero-order valence-electron chi connectivity index (χ0n) is 35.1. The number of methoxy groups -OCH3 is 1. The minimum absolute atomic E-state index is 0.00394. The maximum atomic E-state index is 16.3. The summed E-state index contributed by atoms with van der Waals surface area (Å²) in [7, 11) is -0.704. The summed E-state index contributed by atoms with van der Waals surface area (Å²) < 4.78 is 48.6. The normalized spacial score (nSPS) is 23.2. The van der Waals surface area contributed by atoms with Crippen LogP contribution in [0.25, 0.3) is 33.1 Å². The minimum Gasteiger partial charge on any atom is -0.468 e. The molecule has 4 fully saturated rings. The third-order valence-electron chi connectivity index (χ3n) is 13.6. The molecule has 0 spiro atoms. The van der Waals surface area contributed by atoms with Gasteiger partial charge >= 0.3 is 12.1 Å². The van der Waals surface area contributed by atoms with Crippen LogP contribution in [0.4, 0.5) is 19.4 Å². The van der Waals surface area contributed by atoms with Crippen LogP contribution in [0.3, 0.4) is 0 Å². The maximum Gasteiger partial charge on any atom is 0.407 e. The minimum atomic E-state index is -2.25. The summed E-state index contributed by atoms with van der Waals surface area (Å²) in [5.41, 5.74) is 6.50. The largest absolute Gasteiger partial charge is 0.468 e. The van der Waals surface area contributed by atoms with Crippen LogP contribution >= 0.6 is 0 Å². The van der Waals surface area contributed by atoms with Crippen molar-refractivity contribution < 1.29 is 32.9 Å². The fourth-order valence-corrected chi connectivity index (χ4v) is 16.1. The van der Waals surface area contributed by atoms with Gasteiger partial charge in [0.2, 0.25) is 0 Å². The molecule has 0 aliphatic carbocycles. The number of carbonyl (C=O) groups is 1. The van der Waals surface area contributed by atoms with Gasteiger partial charge in [-0.25, -0.2) is 13.6 Å². The molecular weight excluding hydrogens is 773 g/mol. The van der Waals surface area contributed by atoms with E-state index >= 15 is 4.39 Å². The van der Waals surface area contributed by atoms with Gasteiger partial charge < -0.3 is 24.2 Å². The molecule has 4 aromatic rings. The Kier molecular flexibility index (Phi) is 11.2. The molecule has 12 nitrogen and oxygen atoms in total. The van der Waals surface area contributed by atoms with Crippen LogP contribution < -0.4 is 14.4 Å². The van der Waals surface area contributed by atoms with E-state index < -0.39 is 31.7 Å². The average Bonchev–Trinajstić information content (AvgIpc) is 3.82. The average molecular weight is 828 g/mol. The molecular formula is C44H55F2N7O5Si. The Balaban J connectivity index is 1.28. The Hall–Kier alpha value is -4.65. The van der Waals surface area contributed by atoms with Crippen molar-refractivity contribution in [3.8, 4) is 34.5 Å². The maximum absolute atomic E-state index is 16.3. The van der Waals surface area contributed by atoms with Crippen molar-refractivity contribution in [2.75, 3.05) is 51.6 Å². The lowest BCUT2D eigenvalue weighted by Crippen LogP contribution is -2.55. The number of amides is 1. The van der Waals surface area contributed by atoms with E-state index in [0.717, 1.165) is 37.6 Å². The number of benzene rings is 2. The van der Waals surface area contributed by atoms with E-state index in [2.05, 4.69) is 62.8 Å². The molecule has 4 saturated heterocycles. The van der Waals surface area contributed by atoms with Crippen LogP contribution in [0.15, 0.2) is 30.3 Å². The third-order valence-corrected chi connectivity index (χ3v) is 19.9. The van der Waals surface area contributed by atoms with Crippen LogP contribution in [0.5, 0.6) is 11.8 Å². The van der Waals surface area contributed by atoms with Crippen LogP contribution in [0.1, 0.15) is 79.2 Å². The smallest absolute Gasteiger partial charge is 0.407 e. The Morgan fingerprint density at radius 3 is 2.41 bits per heavy atom. The molecule has 0 radical (unpaired) electrons. The van der Waals surface area contributed by atoms with E-state index in [1.807, 2.05) is 18.2 Å². The summed E-state index contributed by atoms with van der Waals surface area (Å²) in [5.74, 6) is 3.97. The van der Waals surface area contributed by atoms with E-state index in [1.165, 1.54) is 6.07 Å². The standard InChI is InChI=1S/C44H55F2N7O5Si/c1-26(2)59(27(3)4,28(5)6)16-13-34-36(46)12-9-29-17-33(58-25-56-7)18-35(39(29)34)37-19-38-40(50-49-37)41(51-22-31-10-11-32(23-51)53(31)43(54)55)48-42(47-38)57-24-44-14-8-15-52(44)21-30(45)20-44/h9,12,17-19,26-28,30-32H,8,10-11,14-15,20-25H2,1-7H3,(H,54,55)/t30-,31?,32?,44+/m1/s1. The number of alkyl halides is 1. The van der Waals surface area contributed by atoms with Gasteiger partial charge in [-0.15, -0.1) is 15.7 Å². The summed E-state index contributed by atoms with van der Waals surface area (Å²) in [5, 5.41) is 20.8. The Labute approximate surface area is 345 Å². The lowest BCUT2D eigenvalue weighted by atomic mass is 9.95. The summed E-state index contributed by atoms with van der Waals surface area (Å²) in [6.45, 7) is 15.7. The van der Waals surface area contributed by atoms with Gasteiger partial charge in [-0.1, -0.05) is 53.5 Å². The first-order valence-electron chi connectivity index (χ1n) is 21.0. The summed E-state index contributed by atoms with van der Waals surface area (Å²) >= 11 is 0. The first-order valence-corrected chi connectivity index (χ1v) is 23.2. The highest BCUT2D eigenvalue weighted by atomic mass is 28.3. The molecule has 0 saturated carbocycles. The number of nitrogens with zero attached hydrogens (tertiary/aromatic N) is 7. The number of aromatic nitrogens is 4. The predicted molar refractivity (Wildman–Crippen MR) is 226 cm³/mol. The molecule has 4 aliphatic rings. The number of hydrogen-bond donors (Lipinski definition) is 1. The molecule has 2 unspecified atom stereocenters. The number of anilines is 1. The van der Waals surface area contributed by atoms with Crippen LogP contribution in [0.2, 0.25) is 16.6 Å². The van der Waals surface area contributed by atoms with Gasteiger partial charge in [0.25, 0.3) is 0 Å². The molecule has 15 heteroatoms. The summed E-state index contributed by atoms with van der Waals surface area (Å²) in [4.78, 5) is 27.8. The number of carboxylic acid groups (broad SMARTS) is 1. The Bertz CT molecular complexity index is 2280. The quantitative estimate of drug-likeness (QED) is 0.0894.